The minimum Gasteiger partial charge on any atom is -0.444 e. The van der Waals surface area contributed by atoms with E-state index in [4.69, 9.17) is 4.74 Å². The third-order valence-corrected chi connectivity index (χ3v) is 4.19. The van der Waals surface area contributed by atoms with Gasteiger partial charge in [0, 0.05) is 17.8 Å². The third kappa shape index (κ3) is 6.04. The number of aliphatic hydroxyl groups excluding tert-OH is 1. The molecule has 24 heavy (non-hydrogen) atoms. The quantitative estimate of drug-likeness (QED) is 0.779. The first-order chi connectivity index (χ1) is 11.2. The second kappa shape index (κ2) is 7.88. The van der Waals surface area contributed by atoms with Crippen LogP contribution in [0.25, 0.3) is 0 Å². The molecular weight excluding hydrogens is 304 g/mol. The molecule has 1 amide bonds. The number of hydrogen-bond donors (Lipinski definition) is 3. The first-order valence-electron chi connectivity index (χ1n) is 8.77. The first-order valence-corrected chi connectivity index (χ1v) is 8.77. The van der Waals surface area contributed by atoms with Gasteiger partial charge >= 0.3 is 6.09 Å². The van der Waals surface area contributed by atoms with Gasteiger partial charge in [-0.25, -0.2) is 4.79 Å². The monoisotopic (exact) mass is 334 g/mol. The molecule has 1 unspecified atom stereocenters. The molecule has 3 N–H and O–H groups in total. The number of nitrogens with one attached hydrogen (secondary N) is 2. The van der Waals surface area contributed by atoms with Crippen LogP contribution in [0, 0.1) is 0 Å². The number of hydrogen-bond acceptors (Lipinski definition) is 4. The highest BCUT2D eigenvalue weighted by atomic mass is 16.6. The molecule has 1 atom stereocenters. The topological polar surface area (TPSA) is 70.6 Å². The number of aliphatic hydroxyl groups is 1. The highest BCUT2D eigenvalue weighted by Crippen LogP contribution is 2.24. The van der Waals surface area contributed by atoms with Crippen LogP contribution >= 0.6 is 0 Å². The smallest absolute Gasteiger partial charge is 0.407 e. The van der Waals surface area contributed by atoms with Gasteiger partial charge < -0.3 is 20.5 Å². The number of amides is 1. The summed E-state index contributed by atoms with van der Waals surface area (Å²) >= 11 is 0. The lowest BCUT2D eigenvalue weighted by Gasteiger charge is -2.31. The van der Waals surface area contributed by atoms with Gasteiger partial charge in [0.2, 0.25) is 0 Å². The van der Waals surface area contributed by atoms with Crippen molar-refractivity contribution in [3.05, 3.63) is 29.8 Å². The molecule has 1 fully saturated rings. The Balaban J connectivity index is 1.79. The second-order valence-corrected chi connectivity index (χ2v) is 7.64. The van der Waals surface area contributed by atoms with Crippen LogP contribution in [0.3, 0.4) is 0 Å². The molecule has 2 rings (SSSR count). The van der Waals surface area contributed by atoms with E-state index in [0.29, 0.717) is 6.04 Å². The van der Waals surface area contributed by atoms with Gasteiger partial charge in [-0.05, 0) is 71.1 Å². The van der Waals surface area contributed by atoms with Gasteiger partial charge in [-0.1, -0.05) is 12.1 Å². The molecule has 5 heteroatoms. The summed E-state index contributed by atoms with van der Waals surface area (Å²) in [6, 6.07) is 8.48. The Morgan fingerprint density at radius 2 is 1.83 bits per heavy atom. The Labute approximate surface area is 144 Å². The molecule has 1 aromatic rings. The van der Waals surface area contributed by atoms with Gasteiger partial charge in [0.1, 0.15) is 5.60 Å². The SMILES string of the molecule is CC(O)c1cccc(NC2CCC(NC(=O)OC(C)(C)C)CC2)c1. The molecule has 1 saturated carbocycles. The van der Waals surface area contributed by atoms with E-state index >= 15 is 0 Å². The minimum atomic E-state index is -0.461. The van der Waals surface area contributed by atoms with E-state index in [-0.39, 0.29) is 12.1 Å². The van der Waals surface area contributed by atoms with E-state index < -0.39 is 11.7 Å². The van der Waals surface area contributed by atoms with Crippen LogP contribution in [-0.4, -0.2) is 28.9 Å². The molecule has 1 aliphatic rings. The van der Waals surface area contributed by atoms with Gasteiger partial charge in [-0.3, -0.25) is 0 Å². The van der Waals surface area contributed by atoms with Crippen molar-refractivity contribution in [3.63, 3.8) is 0 Å². The van der Waals surface area contributed by atoms with Gasteiger partial charge in [0.05, 0.1) is 6.10 Å². The van der Waals surface area contributed by atoms with E-state index in [9.17, 15) is 9.90 Å². The normalized spacial score (nSPS) is 22.5. The van der Waals surface area contributed by atoms with Crippen molar-refractivity contribution in [2.75, 3.05) is 5.32 Å². The Kier molecular flexibility index (Phi) is 6.10. The standard InChI is InChI=1S/C19H30N2O3/c1-13(22)14-6-5-7-17(12-14)20-15-8-10-16(11-9-15)21-18(23)24-19(2,3)4/h5-7,12-13,15-16,20,22H,8-11H2,1-4H3,(H,21,23). The van der Waals surface area contributed by atoms with Crippen molar-refractivity contribution in [1.29, 1.82) is 0 Å². The Bertz CT molecular complexity index is 544. The van der Waals surface area contributed by atoms with Crippen molar-refractivity contribution < 1.29 is 14.6 Å². The summed E-state index contributed by atoms with van der Waals surface area (Å²) in [6.07, 6.45) is 3.09. The highest BCUT2D eigenvalue weighted by molar-refractivity contribution is 5.68. The lowest BCUT2D eigenvalue weighted by Crippen LogP contribution is -2.42. The number of ether oxygens (including phenoxy) is 1. The summed E-state index contributed by atoms with van der Waals surface area (Å²) in [4.78, 5) is 11.8. The van der Waals surface area contributed by atoms with Gasteiger partial charge in [-0.15, -0.1) is 0 Å². The fourth-order valence-electron chi connectivity index (χ4n) is 2.98. The molecule has 0 spiro atoms. The maximum Gasteiger partial charge on any atom is 0.407 e. The maximum atomic E-state index is 11.8. The van der Waals surface area contributed by atoms with Gasteiger partial charge in [-0.2, -0.15) is 0 Å². The number of anilines is 1. The highest BCUT2D eigenvalue weighted by Gasteiger charge is 2.24. The number of alkyl carbamates (subject to hydrolysis) is 1. The lowest BCUT2D eigenvalue weighted by molar-refractivity contribution is 0.0492. The van der Waals surface area contributed by atoms with Crippen molar-refractivity contribution in [3.8, 4) is 0 Å². The molecule has 0 radical (unpaired) electrons. The van der Waals surface area contributed by atoms with Crippen LogP contribution in [-0.2, 0) is 4.74 Å². The zero-order valence-corrected chi connectivity index (χ0v) is 15.1. The Morgan fingerprint density at radius 3 is 2.42 bits per heavy atom. The molecular formula is C19H30N2O3. The summed E-state index contributed by atoms with van der Waals surface area (Å²) in [5.74, 6) is 0. The van der Waals surface area contributed by atoms with Gasteiger partial charge in [0.25, 0.3) is 0 Å². The summed E-state index contributed by atoms with van der Waals surface area (Å²) in [5, 5.41) is 16.2. The largest absolute Gasteiger partial charge is 0.444 e. The molecule has 0 saturated heterocycles. The predicted octanol–water partition coefficient (Wildman–Crippen LogP) is 3.99. The van der Waals surface area contributed by atoms with Crippen LogP contribution < -0.4 is 10.6 Å². The van der Waals surface area contributed by atoms with E-state index in [0.717, 1.165) is 36.9 Å². The van der Waals surface area contributed by atoms with E-state index in [1.165, 1.54) is 0 Å². The molecule has 5 nitrogen and oxygen atoms in total. The summed E-state index contributed by atoms with van der Waals surface area (Å²) < 4.78 is 5.31. The number of benzene rings is 1. The van der Waals surface area contributed by atoms with Crippen LogP contribution in [0.1, 0.15) is 65.0 Å². The van der Waals surface area contributed by atoms with Crippen molar-refractivity contribution >= 4 is 11.8 Å². The predicted molar refractivity (Wildman–Crippen MR) is 96.1 cm³/mol. The average Bonchev–Trinajstić information content (AvgIpc) is 2.47. The first kappa shape index (κ1) is 18.6. The fraction of sp³-hybridized carbons (Fsp3) is 0.632. The number of carbonyl (C=O) groups is 1. The van der Waals surface area contributed by atoms with Gasteiger partial charge in [0.15, 0.2) is 0 Å². The maximum absolute atomic E-state index is 11.8. The zero-order chi connectivity index (χ0) is 17.7. The molecule has 1 aromatic carbocycles. The van der Waals surface area contributed by atoms with Crippen LogP contribution in [0.15, 0.2) is 24.3 Å². The second-order valence-electron chi connectivity index (χ2n) is 7.64. The van der Waals surface area contributed by atoms with Crippen molar-refractivity contribution in [2.24, 2.45) is 0 Å². The average molecular weight is 334 g/mol. The zero-order valence-electron chi connectivity index (χ0n) is 15.1. The summed E-state index contributed by atoms with van der Waals surface area (Å²) in [7, 11) is 0. The lowest BCUT2D eigenvalue weighted by atomic mass is 9.91. The summed E-state index contributed by atoms with van der Waals surface area (Å²) in [6.45, 7) is 7.38. The van der Waals surface area contributed by atoms with Crippen LogP contribution in [0.2, 0.25) is 0 Å². The van der Waals surface area contributed by atoms with Crippen molar-refractivity contribution in [1.82, 2.24) is 5.32 Å². The molecule has 0 aliphatic heterocycles. The minimum absolute atomic E-state index is 0.182. The molecule has 0 bridgehead atoms. The van der Waals surface area contributed by atoms with E-state index in [1.807, 2.05) is 45.0 Å². The van der Waals surface area contributed by atoms with E-state index in [2.05, 4.69) is 10.6 Å². The van der Waals surface area contributed by atoms with Crippen LogP contribution in [0.4, 0.5) is 10.5 Å². The van der Waals surface area contributed by atoms with E-state index in [1.54, 1.807) is 6.92 Å². The summed E-state index contributed by atoms with van der Waals surface area (Å²) in [5.41, 5.74) is 1.50. The Morgan fingerprint density at radius 1 is 1.21 bits per heavy atom. The molecule has 1 aliphatic carbocycles. The Hall–Kier alpha value is -1.75. The van der Waals surface area contributed by atoms with Crippen molar-refractivity contribution in [2.45, 2.75) is 77.2 Å². The molecule has 0 heterocycles. The number of carbonyl (C=O) groups excluding carboxylic acids is 1. The number of rotatable bonds is 4. The van der Waals surface area contributed by atoms with Crippen LogP contribution in [0.5, 0.6) is 0 Å². The molecule has 134 valence electrons. The fourth-order valence-corrected chi connectivity index (χ4v) is 2.98. The molecule has 0 aromatic heterocycles. The third-order valence-electron chi connectivity index (χ3n) is 4.19.